The maximum atomic E-state index is 10.9. The Balaban J connectivity index is 2.51. The van der Waals surface area contributed by atoms with Crippen molar-refractivity contribution in [3.05, 3.63) is 24.3 Å². The number of carboxylic acids is 1. The number of hydrogen-bond acceptors (Lipinski definition) is 4. The summed E-state index contributed by atoms with van der Waals surface area (Å²) < 4.78 is 5.17. The van der Waals surface area contributed by atoms with E-state index < -0.39 is 11.5 Å². The number of benzene rings is 1. The van der Waals surface area contributed by atoms with Gasteiger partial charge >= 0.3 is 5.97 Å². The molecule has 0 aliphatic rings. The summed E-state index contributed by atoms with van der Waals surface area (Å²) in [4.78, 5) is 13.0. The van der Waals surface area contributed by atoms with Crippen molar-refractivity contribution in [2.45, 2.75) is 25.3 Å². The van der Waals surface area contributed by atoms with Crippen molar-refractivity contribution in [2.75, 3.05) is 25.6 Å². The first-order chi connectivity index (χ1) is 8.86. The molecular weight excluding hydrogens is 244 g/mol. The fraction of sp³-hybridized carbons (Fsp3) is 0.500. The van der Waals surface area contributed by atoms with Gasteiger partial charge in [-0.05, 0) is 31.9 Å². The summed E-state index contributed by atoms with van der Waals surface area (Å²) >= 11 is 0. The summed E-state index contributed by atoms with van der Waals surface area (Å²) in [5.41, 5.74) is 5.57. The molecule has 0 fully saturated rings. The minimum atomic E-state index is -1.16. The van der Waals surface area contributed by atoms with Crippen LogP contribution in [0.25, 0.3) is 0 Å². The lowest BCUT2D eigenvalue weighted by Crippen LogP contribution is -2.45. The first-order valence-electron chi connectivity index (χ1n) is 6.24. The van der Waals surface area contributed by atoms with E-state index in [0.29, 0.717) is 12.8 Å². The van der Waals surface area contributed by atoms with Gasteiger partial charge in [0.15, 0.2) is 0 Å². The Bertz CT molecular complexity index is 432. The van der Waals surface area contributed by atoms with E-state index in [1.807, 2.05) is 31.3 Å². The topological polar surface area (TPSA) is 75.8 Å². The highest BCUT2D eigenvalue weighted by molar-refractivity contribution is 5.77. The van der Waals surface area contributed by atoms with E-state index in [9.17, 15) is 4.79 Å². The van der Waals surface area contributed by atoms with Crippen LogP contribution in [-0.4, -0.2) is 37.3 Å². The second kappa shape index (κ2) is 6.43. The van der Waals surface area contributed by atoms with Crippen molar-refractivity contribution in [1.29, 1.82) is 0 Å². The number of rotatable bonds is 7. The highest BCUT2D eigenvalue weighted by Crippen LogP contribution is 2.20. The van der Waals surface area contributed by atoms with E-state index >= 15 is 0 Å². The molecule has 0 amide bonds. The van der Waals surface area contributed by atoms with Crippen molar-refractivity contribution in [2.24, 2.45) is 5.73 Å². The largest absolute Gasteiger partial charge is 0.497 e. The monoisotopic (exact) mass is 266 g/mol. The van der Waals surface area contributed by atoms with E-state index in [1.54, 1.807) is 14.0 Å². The Morgan fingerprint density at radius 3 is 2.79 bits per heavy atom. The molecule has 1 rings (SSSR count). The van der Waals surface area contributed by atoms with Gasteiger partial charge in [-0.3, -0.25) is 4.79 Å². The molecule has 1 aromatic carbocycles. The van der Waals surface area contributed by atoms with E-state index in [-0.39, 0.29) is 0 Å². The molecule has 1 atom stereocenters. The smallest absolute Gasteiger partial charge is 0.323 e. The van der Waals surface area contributed by atoms with Crippen molar-refractivity contribution in [3.63, 3.8) is 0 Å². The molecule has 0 radical (unpaired) electrons. The van der Waals surface area contributed by atoms with Gasteiger partial charge in [-0.2, -0.15) is 0 Å². The van der Waals surface area contributed by atoms with Crippen LogP contribution in [0.1, 0.15) is 19.8 Å². The molecule has 0 aromatic heterocycles. The molecule has 1 aromatic rings. The van der Waals surface area contributed by atoms with Crippen molar-refractivity contribution in [3.8, 4) is 5.75 Å². The summed E-state index contributed by atoms with van der Waals surface area (Å²) in [6, 6.07) is 7.74. The first kappa shape index (κ1) is 15.3. The van der Waals surface area contributed by atoms with Crippen LogP contribution in [-0.2, 0) is 4.79 Å². The number of hydrogen-bond donors (Lipinski definition) is 2. The lowest BCUT2D eigenvalue weighted by molar-refractivity contribution is -0.142. The van der Waals surface area contributed by atoms with Gasteiger partial charge in [0.25, 0.3) is 0 Å². The molecular formula is C14H22N2O3. The summed E-state index contributed by atoms with van der Waals surface area (Å²) in [7, 11) is 3.59. The molecule has 0 heterocycles. The number of carboxylic acid groups (broad SMARTS) is 1. The van der Waals surface area contributed by atoms with Gasteiger partial charge in [-0.1, -0.05) is 6.07 Å². The van der Waals surface area contributed by atoms with Gasteiger partial charge in [0, 0.05) is 25.3 Å². The van der Waals surface area contributed by atoms with Gasteiger partial charge in [-0.15, -0.1) is 0 Å². The van der Waals surface area contributed by atoms with Crippen LogP contribution in [0, 0.1) is 0 Å². The van der Waals surface area contributed by atoms with E-state index in [4.69, 9.17) is 15.6 Å². The molecule has 19 heavy (non-hydrogen) atoms. The molecule has 0 saturated carbocycles. The number of aliphatic carboxylic acids is 1. The molecule has 0 bridgehead atoms. The van der Waals surface area contributed by atoms with Crippen LogP contribution < -0.4 is 15.4 Å². The Morgan fingerprint density at radius 1 is 1.53 bits per heavy atom. The lowest BCUT2D eigenvalue weighted by Gasteiger charge is -2.23. The summed E-state index contributed by atoms with van der Waals surface area (Å²) in [6.45, 7) is 2.29. The Kier molecular flexibility index (Phi) is 5.18. The third kappa shape index (κ3) is 4.44. The lowest BCUT2D eigenvalue weighted by atomic mass is 9.97. The predicted molar refractivity (Wildman–Crippen MR) is 75.7 cm³/mol. The number of carbonyl (C=O) groups is 1. The van der Waals surface area contributed by atoms with Crippen molar-refractivity contribution in [1.82, 2.24) is 0 Å². The molecule has 0 spiro atoms. The second-order valence-corrected chi connectivity index (χ2v) is 4.95. The average Bonchev–Trinajstić information content (AvgIpc) is 2.38. The molecule has 0 saturated heterocycles. The van der Waals surface area contributed by atoms with Crippen LogP contribution in [0.4, 0.5) is 5.69 Å². The molecule has 0 aliphatic heterocycles. The number of nitrogens with two attached hydrogens (primary N) is 1. The van der Waals surface area contributed by atoms with E-state index in [1.165, 1.54) is 0 Å². The molecule has 3 N–H and O–H groups in total. The fourth-order valence-electron chi connectivity index (χ4n) is 1.77. The average molecular weight is 266 g/mol. The quantitative estimate of drug-likeness (QED) is 0.785. The third-order valence-electron chi connectivity index (χ3n) is 3.17. The second-order valence-electron chi connectivity index (χ2n) is 4.95. The number of ether oxygens (including phenoxy) is 1. The zero-order valence-corrected chi connectivity index (χ0v) is 11.7. The van der Waals surface area contributed by atoms with E-state index in [2.05, 4.69) is 4.90 Å². The minimum absolute atomic E-state index is 0.441. The molecule has 5 heteroatoms. The molecule has 1 unspecified atom stereocenters. The van der Waals surface area contributed by atoms with Crippen molar-refractivity contribution >= 4 is 11.7 Å². The van der Waals surface area contributed by atoms with Gasteiger partial charge in [-0.25, -0.2) is 0 Å². The van der Waals surface area contributed by atoms with Gasteiger partial charge in [0.05, 0.1) is 7.11 Å². The third-order valence-corrected chi connectivity index (χ3v) is 3.17. The van der Waals surface area contributed by atoms with Crippen LogP contribution >= 0.6 is 0 Å². The van der Waals surface area contributed by atoms with Crippen molar-refractivity contribution < 1.29 is 14.6 Å². The molecule has 5 nitrogen and oxygen atoms in total. The van der Waals surface area contributed by atoms with Gasteiger partial charge in [0.1, 0.15) is 11.3 Å². The Hall–Kier alpha value is -1.75. The van der Waals surface area contributed by atoms with Crippen LogP contribution in [0.2, 0.25) is 0 Å². The number of methoxy groups -OCH3 is 1. The highest BCUT2D eigenvalue weighted by Gasteiger charge is 2.27. The van der Waals surface area contributed by atoms with Crippen LogP contribution in [0.5, 0.6) is 5.75 Å². The van der Waals surface area contributed by atoms with Gasteiger partial charge < -0.3 is 20.5 Å². The zero-order chi connectivity index (χ0) is 14.5. The van der Waals surface area contributed by atoms with E-state index in [0.717, 1.165) is 18.0 Å². The predicted octanol–water partition coefficient (Wildman–Crippen LogP) is 1.71. The van der Waals surface area contributed by atoms with Crippen LogP contribution in [0.3, 0.4) is 0 Å². The Labute approximate surface area is 114 Å². The maximum absolute atomic E-state index is 10.9. The van der Waals surface area contributed by atoms with Gasteiger partial charge in [0.2, 0.25) is 0 Å². The normalized spacial score (nSPS) is 13.7. The maximum Gasteiger partial charge on any atom is 0.323 e. The standard InChI is InChI=1S/C14H22N2O3/c1-14(15,13(17)18)8-5-9-16(2)11-6-4-7-12(10-11)19-3/h4,6-7,10H,5,8-9,15H2,1-3H3,(H,17,18). The molecule has 106 valence electrons. The van der Waals surface area contributed by atoms with Crippen LogP contribution in [0.15, 0.2) is 24.3 Å². The minimum Gasteiger partial charge on any atom is -0.497 e. The number of anilines is 1. The SMILES string of the molecule is COc1cccc(N(C)CCCC(C)(N)C(=O)O)c1. The number of nitrogens with zero attached hydrogens (tertiary/aromatic N) is 1. The molecule has 0 aliphatic carbocycles. The summed E-state index contributed by atoms with van der Waals surface area (Å²) in [6.07, 6.45) is 1.16. The fourth-order valence-corrected chi connectivity index (χ4v) is 1.77. The zero-order valence-electron chi connectivity index (χ0n) is 11.7. The first-order valence-corrected chi connectivity index (χ1v) is 6.24. The summed E-state index contributed by atoms with van der Waals surface area (Å²) in [5, 5.41) is 8.94. The Morgan fingerprint density at radius 2 is 2.21 bits per heavy atom. The summed E-state index contributed by atoms with van der Waals surface area (Å²) in [5.74, 6) is -0.157. The highest BCUT2D eigenvalue weighted by atomic mass is 16.5.